The molecule has 2 N–H and O–H groups in total. The van der Waals surface area contributed by atoms with Crippen LogP contribution in [0.25, 0.3) is 0 Å². The minimum absolute atomic E-state index is 0. The average Bonchev–Trinajstić information content (AvgIpc) is 3.26. The lowest BCUT2D eigenvalue weighted by Crippen LogP contribution is -2.50. The first kappa shape index (κ1) is 32.6. The molecule has 1 saturated heterocycles. The Balaban J connectivity index is 0.00000462. The highest BCUT2D eigenvalue weighted by Crippen LogP contribution is 2.33. The van der Waals surface area contributed by atoms with Gasteiger partial charge in [-0.25, -0.2) is 26.6 Å². The maximum absolute atomic E-state index is 14.0. The highest BCUT2D eigenvalue weighted by Gasteiger charge is 2.42. The Bertz CT molecular complexity index is 1430. The van der Waals surface area contributed by atoms with E-state index in [2.05, 4.69) is 4.98 Å². The summed E-state index contributed by atoms with van der Waals surface area (Å²) in [5, 5.41) is 0. The summed E-state index contributed by atoms with van der Waals surface area (Å²) in [6.07, 6.45) is -4.56. The molecule has 2 amide bonds. The summed E-state index contributed by atoms with van der Waals surface area (Å²) in [5.41, 5.74) is 5.07. The van der Waals surface area contributed by atoms with E-state index in [0.717, 1.165) is 15.1 Å². The second-order valence-corrected chi connectivity index (χ2v) is 11.7. The molecule has 0 aliphatic carbocycles. The maximum atomic E-state index is 14.0. The Morgan fingerprint density at radius 1 is 0.976 bits per heavy atom. The number of nitrogens with two attached hydrogens (primary N) is 1. The smallest absolute Gasteiger partial charge is 0.335 e. The Morgan fingerprint density at radius 3 is 2.15 bits per heavy atom. The number of hydrogen-bond donors (Lipinski definition) is 1. The highest BCUT2D eigenvalue weighted by atomic mass is 35.5. The van der Waals surface area contributed by atoms with E-state index in [4.69, 9.17) is 5.73 Å². The molecule has 41 heavy (non-hydrogen) atoms. The van der Waals surface area contributed by atoms with Crippen LogP contribution in [0.5, 0.6) is 0 Å². The molecule has 0 radical (unpaired) electrons. The first-order valence-corrected chi connectivity index (χ1v) is 14.0. The number of rotatable bonds is 6. The molecular weight excluding hydrogens is 606 g/mol. The van der Waals surface area contributed by atoms with Crippen molar-refractivity contribution in [1.29, 1.82) is 0 Å². The third-order valence-corrected chi connectivity index (χ3v) is 8.12. The van der Waals surface area contributed by atoms with Crippen molar-refractivity contribution in [2.24, 2.45) is 5.73 Å². The van der Waals surface area contributed by atoms with Gasteiger partial charge < -0.3 is 20.1 Å². The van der Waals surface area contributed by atoms with Crippen molar-refractivity contribution < 1.29 is 44.3 Å². The number of carbonyl (C=O) groups excluding carboxylic acids is 2. The van der Waals surface area contributed by atoms with E-state index in [0.29, 0.717) is 12.1 Å². The molecule has 2 aliphatic rings. The number of carbonyl (C=O) groups is 2. The summed E-state index contributed by atoms with van der Waals surface area (Å²) in [4.78, 5) is 32.1. The fraction of sp³-hybridized carbons (Fsp3) is 0.522. The molecule has 18 heteroatoms. The third kappa shape index (κ3) is 7.13. The number of benzene rings is 1. The summed E-state index contributed by atoms with van der Waals surface area (Å²) in [7, 11) is -3.51. The molecule has 1 fully saturated rings. The fourth-order valence-corrected chi connectivity index (χ4v) is 5.60. The van der Waals surface area contributed by atoms with Crippen LogP contribution in [-0.4, -0.2) is 88.9 Å². The topological polar surface area (TPSA) is 122 Å². The van der Waals surface area contributed by atoms with Gasteiger partial charge in [0.25, 0.3) is 5.91 Å². The van der Waals surface area contributed by atoms with Crippen LogP contribution in [0.2, 0.25) is 0 Å². The van der Waals surface area contributed by atoms with Crippen LogP contribution in [0.3, 0.4) is 0 Å². The van der Waals surface area contributed by atoms with E-state index in [-0.39, 0.29) is 75.8 Å². The van der Waals surface area contributed by atoms with Gasteiger partial charge in [-0.15, -0.1) is 12.4 Å². The Labute approximate surface area is 237 Å². The zero-order valence-corrected chi connectivity index (χ0v) is 23.3. The summed E-state index contributed by atoms with van der Waals surface area (Å²) in [6.45, 7) is -1.04. The van der Waals surface area contributed by atoms with E-state index in [1.54, 1.807) is 0 Å². The summed E-state index contributed by atoms with van der Waals surface area (Å²) in [5.74, 6) is -6.42. The summed E-state index contributed by atoms with van der Waals surface area (Å²) < 4.78 is 107. The molecule has 4 rings (SSSR count). The van der Waals surface area contributed by atoms with Crippen LogP contribution < -0.4 is 5.73 Å². The van der Waals surface area contributed by atoms with Crippen molar-refractivity contribution in [2.45, 2.75) is 38.1 Å². The van der Waals surface area contributed by atoms with Crippen molar-refractivity contribution in [1.82, 2.24) is 23.7 Å². The fourth-order valence-electron chi connectivity index (χ4n) is 4.77. The predicted molar refractivity (Wildman–Crippen MR) is 135 cm³/mol. The summed E-state index contributed by atoms with van der Waals surface area (Å²) in [6, 6.07) is -0.0134. The van der Waals surface area contributed by atoms with Gasteiger partial charge in [0.05, 0.1) is 18.5 Å². The van der Waals surface area contributed by atoms with Gasteiger partial charge in [0.1, 0.15) is 5.82 Å². The molecule has 2 aromatic rings. The van der Waals surface area contributed by atoms with E-state index in [9.17, 15) is 44.3 Å². The highest BCUT2D eigenvalue weighted by molar-refractivity contribution is 7.88. The van der Waals surface area contributed by atoms with Crippen molar-refractivity contribution in [2.75, 3.05) is 39.0 Å². The SMILES string of the molecule is CS(=O)(=O)N1CCN(C(=O)c2nc(C(F)(F)F)n3c2CN(C(=O)C[C@H](N)Cc2cc(F)c(F)cc2F)CC3)CC1.Cl. The molecule has 3 heterocycles. The number of sulfonamides is 1. The van der Waals surface area contributed by atoms with E-state index in [1.807, 2.05) is 0 Å². The largest absolute Gasteiger partial charge is 0.449 e. The number of piperazine rings is 1. The van der Waals surface area contributed by atoms with Crippen LogP contribution in [0.1, 0.15) is 34.0 Å². The number of aromatic nitrogens is 2. The molecule has 1 atom stereocenters. The number of halogens is 7. The lowest BCUT2D eigenvalue weighted by atomic mass is 10.0. The van der Waals surface area contributed by atoms with Crippen LogP contribution in [-0.2, 0) is 40.5 Å². The molecule has 0 unspecified atom stereocenters. The Hall–Kier alpha value is -2.89. The van der Waals surface area contributed by atoms with Gasteiger partial charge in [0.15, 0.2) is 17.3 Å². The van der Waals surface area contributed by atoms with E-state index in [1.165, 1.54) is 9.80 Å². The molecule has 1 aromatic heterocycles. The van der Waals surface area contributed by atoms with Crippen LogP contribution in [0, 0.1) is 17.5 Å². The van der Waals surface area contributed by atoms with Crippen LogP contribution in [0.15, 0.2) is 12.1 Å². The quantitative estimate of drug-likeness (QED) is 0.383. The standard InChI is InChI=1S/C23H26F6N6O4S.ClH/c1-40(38,39)34-5-2-32(3-6-34)21(37)20-18-12-33(4-7-35(18)22(31-20)23(27,28)29)19(36)10-14(30)8-13-9-16(25)17(26)11-15(13)24;/h9,11,14H,2-8,10,12,30H2,1H3;1H/t14-;/m1./s1. The normalized spacial score (nSPS) is 17.2. The lowest BCUT2D eigenvalue weighted by molar-refractivity contribution is -0.148. The average molecular weight is 633 g/mol. The first-order chi connectivity index (χ1) is 18.6. The zero-order chi connectivity index (χ0) is 29.6. The third-order valence-electron chi connectivity index (χ3n) is 6.82. The van der Waals surface area contributed by atoms with Gasteiger partial charge in [-0.05, 0) is 18.1 Å². The minimum atomic E-state index is -4.88. The van der Waals surface area contributed by atoms with Crippen molar-refractivity contribution in [3.8, 4) is 0 Å². The monoisotopic (exact) mass is 632 g/mol. The van der Waals surface area contributed by atoms with Gasteiger partial charge in [-0.2, -0.15) is 17.5 Å². The van der Waals surface area contributed by atoms with Gasteiger partial charge in [0.2, 0.25) is 21.8 Å². The molecule has 2 aliphatic heterocycles. The molecule has 0 bridgehead atoms. The van der Waals surface area contributed by atoms with Crippen molar-refractivity contribution in [3.05, 3.63) is 52.4 Å². The molecule has 0 spiro atoms. The summed E-state index contributed by atoms with van der Waals surface area (Å²) >= 11 is 0. The van der Waals surface area contributed by atoms with Crippen molar-refractivity contribution >= 4 is 34.2 Å². The number of nitrogens with zero attached hydrogens (tertiary/aromatic N) is 5. The lowest BCUT2D eigenvalue weighted by Gasteiger charge is -2.34. The number of amides is 2. The first-order valence-electron chi connectivity index (χ1n) is 12.1. The van der Waals surface area contributed by atoms with Gasteiger partial charge in [-0.3, -0.25) is 9.59 Å². The second-order valence-electron chi connectivity index (χ2n) is 9.68. The van der Waals surface area contributed by atoms with Gasteiger partial charge >= 0.3 is 6.18 Å². The van der Waals surface area contributed by atoms with E-state index < -0.39 is 69.6 Å². The molecule has 0 saturated carbocycles. The second kappa shape index (κ2) is 12.1. The van der Waals surface area contributed by atoms with Gasteiger partial charge in [0, 0.05) is 57.8 Å². The van der Waals surface area contributed by atoms with Crippen molar-refractivity contribution in [3.63, 3.8) is 0 Å². The molecule has 10 nitrogen and oxygen atoms in total. The van der Waals surface area contributed by atoms with Gasteiger partial charge in [-0.1, -0.05) is 0 Å². The number of imidazole rings is 1. The number of alkyl halides is 3. The molecule has 228 valence electrons. The Morgan fingerprint density at radius 2 is 1.56 bits per heavy atom. The van der Waals surface area contributed by atoms with Crippen LogP contribution >= 0.6 is 12.4 Å². The Kier molecular flexibility index (Phi) is 9.67. The predicted octanol–water partition coefficient (Wildman–Crippen LogP) is 1.76. The number of hydrogen-bond acceptors (Lipinski definition) is 6. The zero-order valence-electron chi connectivity index (χ0n) is 21.6. The van der Waals surface area contributed by atoms with E-state index >= 15 is 0 Å². The molecular formula is C23H27ClF6N6O4S. The maximum Gasteiger partial charge on any atom is 0.449 e. The molecule has 1 aromatic carbocycles. The number of fused-ring (bicyclic) bond motifs is 1. The minimum Gasteiger partial charge on any atom is -0.335 e. The van der Waals surface area contributed by atoms with Crippen LogP contribution in [0.4, 0.5) is 26.3 Å².